The number of sulfonamides is 1. The average Bonchev–Trinajstić information content (AvgIpc) is 2.48. The molecule has 0 radical (unpaired) electrons. The van der Waals surface area contributed by atoms with Crippen molar-refractivity contribution in [1.82, 2.24) is 9.62 Å². The van der Waals surface area contributed by atoms with Crippen molar-refractivity contribution in [2.24, 2.45) is 5.92 Å². The zero-order valence-corrected chi connectivity index (χ0v) is 13.8. The quantitative estimate of drug-likeness (QED) is 0.822. The van der Waals surface area contributed by atoms with Crippen LogP contribution in [0.4, 0.5) is 0 Å². The molecule has 118 valence electrons. The Hall–Kier alpha value is -0.910. The van der Waals surface area contributed by atoms with Crippen LogP contribution in [0.15, 0.2) is 29.2 Å². The number of benzene rings is 1. The summed E-state index contributed by atoms with van der Waals surface area (Å²) in [5.41, 5.74) is 1.12. The first-order valence-corrected chi connectivity index (χ1v) is 9.28. The molecule has 1 aromatic carbocycles. The molecular weight excluding hydrogens is 284 g/mol. The number of nitrogens with one attached hydrogen (secondary N) is 1. The monoisotopic (exact) mass is 310 g/mol. The molecule has 1 heterocycles. The highest BCUT2D eigenvalue weighted by atomic mass is 32.2. The Kier molecular flexibility index (Phi) is 5.79. The van der Waals surface area contributed by atoms with Crippen molar-refractivity contribution in [2.75, 3.05) is 19.6 Å². The Balaban J connectivity index is 2.06. The fourth-order valence-corrected chi connectivity index (χ4v) is 4.30. The molecule has 2 rings (SSSR count). The highest BCUT2D eigenvalue weighted by molar-refractivity contribution is 7.89. The lowest BCUT2D eigenvalue weighted by Crippen LogP contribution is -2.39. The van der Waals surface area contributed by atoms with Gasteiger partial charge in [-0.2, -0.15) is 4.31 Å². The Labute approximate surface area is 128 Å². The van der Waals surface area contributed by atoms with E-state index in [1.54, 1.807) is 16.4 Å². The third-order valence-electron chi connectivity index (χ3n) is 3.94. The number of hydrogen-bond acceptors (Lipinski definition) is 3. The molecule has 1 aliphatic heterocycles. The van der Waals surface area contributed by atoms with Gasteiger partial charge in [-0.15, -0.1) is 0 Å². The van der Waals surface area contributed by atoms with E-state index in [0.29, 0.717) is 23.9 Å². The van der Waals surface area contributed by atoms with Crippen LogP contribution in [0.5, 0.6) is 0 Å². The summed E-state index contributed by atoms with van der Waals surface area (Å²) in [6, 6.07) is 7.28. The van der Waals surface area contributed by atoms with Gasteiger partial charge in [0.05, 0.1) is 4.90 Å². The van der Waals surface area contributed by atoms with Gasteiger partial charge in [-0.3, -0.25) is 0 Å². The average molecular weight is 310 g/mol. The number of hydrogen-bond donors (Lipinski definition) is 1. The lowest BCUT2D eigenvalue weighted by molar-refractivity contribution is 0.281. The minimum Gasteiger partial charge on any atom is -0.313 e. The van der Waals surface area contributed by atoms with Crippen molar-refractivity contribution < 1.29 is 8.42 Å². The van der Waals surface area contributed by atoms with Crippen LogP contribution >= 0.6 is 0 Å². The van der Waals surface area contributed by atoms with Gasteiger partial charge in [-0.25, -0.2) is 8.42 Å². The highest BCUT2D eigenvalue weighted by Gasteiger charge is 2.28. The minimum absolute atomic E-state index is 0.413. The maximum atomic E-state index is 12.6. The van der Waals surface area contributed by atoms with Crippen molar-refractivity contribution in [3.63, 3.8) is 0 Å². The molecule has 1 aromatic rings. The van der Waals surface area contributed by atoms with Crippen LogP contribution in [0.2, 0.25) is 0 Å². The van der Waals surface area contributed by atoms with E-state index in [2.05, 4.69) is 19.2 Å². The van der Waals surface area contributed by atoms with E-state index in [0.717, 1.165) is 37.9 Å². The first-order valence-electron chi connectivity index (χ1n) is 7.84. The van der Waals surface area contributed by atoms with Crippen molar-refractivity contribution in [2.45, 2.75) is 44.6 Å². The molecule has 0 aromatic heterocycles. The van der Waals surface area contributed by atoms with Crippen molar-refractivity contribution >= 4 is 10.0 Å². The Morgan fingerprint density at radius 2 is 2.00 bits per heavy atom. The third kappa shape index (κ3) is 4.28. The van der Waals surface area contributed by atoms with E-state index in [9.17, 15) is 8.42 Å². The highest BCUT2D eigenvalue weighted by Crippen LogP contribution is 2.23. The zero-order valence-electron chi connectivity index (χ0n) is 13.0. The molecular formula is C16H26N2O2S. The second kappa shape index (κ2) is 7.38. The van der Waals surface area contributed by atoms with Crippen LogP contribution in [0, 0.1) is 5.92 Å². The first kappa shape index (κ1) is 16.5. The predicted molar refractivity (Wildman–Crippen MR) is 85.6 cm³/mol. The SMILES string of the molecule is CCCNCc1ccc(S(=O)(=O)N2CCCC(C)C2)cc1. The number of piperidine rings is 1. The molecule has 1 atom stereocenters. The first-order chi connectivity index (χ1) is 10.0. The molecule has 5 heteroatoms. The van der Waals surface area contributed by atoms with Crippen LogP contribution in [-0.4, -0.2) is 32.4 Å². The van der Waals surface area contributed by atoms with Crippen LogP contribution in [-0.2, 0) is 16.6 Å². The van der Waals surface area contributed by atoms with E-state index in [1.807, 2.05) is 12.1 Å². The maximum Gasteiger partial charge on any atom is 0.243 e. The summed E-state index contributed by atoms with van der Waals surface area (Å²) < 4.78 is 26.9. The smallest absolute Gasteiger partial charge is 0.243 e. The van der Waals surface area contributed by atoms with Crippen LogP contribution in [0.1, 0.15) is 38.7 Å². The molecule has 1 unspecified atom stereocenters. The minimum atomic E-state index is -3.32. The Morgan fingerprint density at radius 3 is 2.62 bits per heavy atom. The normalized spacial score (nSPS) is 20.6. The van der Waals surface area contributed by atoms with E-state index >= 15 is 0 Å². The Bertz CT molecular complexity index is 540. The van der Waals surface area contributed by atoms with Gasteiger partial charge in [-0.05, 0) is 49.4 Å². The summed E-state index contributed by atoms with van der Waals surface area (Å²) in [6.07, 6.45) is 3.17. The molecule has 21 heavy (non-hydrogen) atoms. The van der Waals surface area contributed by atoms with Gasteiger partial charge in [0.25, 0.3) is 0 Å². The molecule has 1 aliphatic rings. The van der Waals surface area contributed by atoms with E-state index < -0.39 is 10.0 Å². The molecule has 4 nitrogen and oxygen atoms in total. The van der Waals surface area contributed by atoms with Gasteiger partial charge in [0.1, 0.15) is 0 Å². The molecule has 0 aliphatic carbocycles. The lowest BCUT2D eigenvalue weighted by Gasteiger charge is -2.30. The molecule has 0 spiro atoms. The second-order valence-electron chi connectivity index (χ2n) is 5.93. The second-order valence-corrected chi connectivity index (χ2v) is 7.87. The topological polar surface area (TPSA) is 49.4 Å². The summed E-state index contributed by atoms with van der Waals surface area (Å²) in [4.78, 5) is 0.413. The molecule has 0 amide bonds. The summed E-state index contributed by atoms with van der Waals surface area (Å²) in [5, 5.41) is 3.32. The van der Waals surface area contributed by atoms with Crippen molar-refractivity contribution in [3.05, 3.63) is 29.8 Å². The number of rotatable bonds is 6. The molecule has 1 saturated heterocycles. The van der Waals surface area contributed by atoms with Crippen LogP contribution in [0.3, 0.4) is 0 Å². The summed E-state index contributed by atoms with van der Waals surface area (Å²) in [7, 11) is -3.32. The lowest BCUT2D eigenvalue weighted by atomic mass is 10.0. The van der Waals surface area contributed by atoms with Crippen molar-refractivity contribution in [3.8, 4) is 0 Å². The van der Waals surface area contributed by atoms with Crippen LogP contribution in [0.25, 0.3) is 0 Å². The molecule has 0 saturated carbocycles. The summed E-state index contributed by atoms with van der Waals surface area (Å²) in [6.45, 7) is 7.29. The zero-order chi connectivity index (χ0) is 15.3. The molecule has 0 bridgehead atoms. The molecule has 1 N–H and O–H groups in total. The summed E-state index contributed by atoms with van der Waals surface area (Å²) in [5.74, 6) is 0.450. The number of nitrogens with zero attached hydrogens (tertiary/aromatic N) is 1. The fourth-order valence-electron chi connectivity index (χ4n) is 2.70. The molecule has 1 fully saturated rings. The van der Waals surface area contributed by atoms with Gasteiger partial charge >= 0.3 is 0 Å². The van der Waals surface area contributed by atoms with Gasteiger partial charge in [-0.1, -0.05) is 26.0 Å². The largest absolute Gasteiger partial charge is 0.313 e. The Morgan fingerprint density at radius 1 is 1.29 bits per heavy atom. The van der Waals surface area contributed by atoms with E-state index in [1.165, 1.54) is 0 Å². The van der Waals surface area contributed by atoms with Gasteiger partial charge < -0.3 is 5.32 Å². The maximum absolute atomic E-state index is 12.6. The van der Waals surface area contributed by atoms with Gasteiger partial charge in [0.15, 0.2) is 0 Å². The van der Waals surface area contributed by atoms with E-state index in [-0.39, 0.29) is 0 Å². The van der Waals surface area contributed by atoms with Crippen LogP contribution < -0.4 is 5.32 Å². The third-order valence-corrected chi connectivity index (χ3v) is 5.82. The van der Waals surface area contributed by atoms with Crippen molar-refractivity contribution in [1.29, 1.82) is 0 Å². The van der Waals surface area contributed by atoms with Gasteiger partial charge in [0.2, 0.25) is 10.0 Å². The fraction of sp³-hybridized carbons (Fsp3) is 0.625. The summed E-state index contributed by atoms with van der Waals surface area (Å²) >= 11 is 0. The van der Waals surface area contributed by atoms with E-state index in [4.69, 9.17) is 0 Å². The standard InChI is InChI=1S/C16H26N2O2S/c1-3-10-17-12-15-6-8-16(9-7-15)21(19,20)18-11-4-5-14(2)13-18/h6-9,14,17H,3-5,10-13H2,1-2H3. The van der Waals surface area contributed by atoms with Gasteiger partial charge in [0, 0.05) is 19.6 Å². The predicted octanol–water partition coefficient (Wildman–Crippen LogP) is 2.61.